The summed E-state index contributed by atoms with van der Waals surface area (Å²) in [6.45, 7) is 4.76. The Morgan fingerprint density at radius 2 is 1.60 bits per heavy atom. The highest BCUT2D eigenvalue weighted by molar-refractivity contribution is 7.86. The Balaban J connectivity index is 4.54. The molecule has 1 unspecified atom stereocenters. The van der Waals surface area contributed by atoms with E-state index < -0.39 is 43.8 Å². The van der Waals surface area contributed by atoms with Gasteiger partial charge in [0.2, 0.25) is 0 Å². The van der Waals surface area contributed by atoms with Crippen LogP contribution in [0, 0.1) is 0 Å². The predicted octanol–water partition coefficient (Wildman–Crippen LogP) is 0.420. The van der Waals surface area contributed by atoms with Gasteiger partial charge in [-0.15, -0.1) is 0 Å². The van der Waals surface area contributed by atoms with Crippen molar-refractivity contribution in [3.05, 3.63) is 12.2 Å². The highest BCUT2D eigenvalue weighted by Gasteiger charge is 2.19. The molecule has 0 fully saturated rings. The maximum Gasteiger partial charge on any atom is 0.333 e. The smallest absolute Gasteiger partial charge is 0.333 e. The van der Waals surface area contributed by atoms with Crippen molar-refractivity contribution in [2.24, 2.45) is 0 Å². The number of carbonyl (C=O) groups is 1. The summed E-state index contributed by atoms with van der Waals surface area (Å²) in [7, 11) is -8.34. The topological polar surface area (TPSA) is 135 Å². The highest BCUT2D eigenvalue weighted by atomic mass is 32.2. The molecule has 10 heteroatoms. The lowest BCUT2D eigenvalue weighted by molar-refractivity contribution is -0.144. The van der Waals surface area contributed by atoms with Crippen LogP contribution in [0.25, 0.3) is 0 Å². The van der Waals surface area contributed by atoms with Crippen LogP contribution in [0.15, 0.2) is 12.2 Å². The van der Waals surface area contributed by atoms with Gasteiger partial charge in [0.05, 0.1) is 11.5 Å². The van der Waals surface area contributed by atoms with Crippen LogP contribution >= 0.6 is 0 Å². The van der Waals surface area contributed by atoms with E-state index in [2.05, 4.69) is 6.58 Å². The van der Waals surface area contributed by atoms with Crippen LogP contribution in [0.5, 0.6) is 0 Å². The van der Waals surface area contributed by atoms with E-state index in [0.29, 0.717) is 0 Å². The average Bonchev–Trinajstić information content (AvgIpc) is 2.22. The molecule has 0 spiro atoms. The fourth-order valence-corrected chi connectivity index (χ4v) is 2.38. The van der Waals surface area contributed by atoms with Crippen LogP contribution in [-0.4, -0.2) is 49.5 Å². The van der Waals surface area contributed by atoms with Crippen molar-refractivity contribution in [1.29, 1.82) is 0 Å². The second-order valence-electron chi connectivity index (χ2n) is 4.31. The molecule has 0 aromatic carbocycles. The molecule has 0 aliphatic rings. The molecule has 2 N–H and O–H groups in total. The van der Waals surface area contributed by atoms with Crippen LogP contribution in [0.1, 0.15) is 26.2 Å². The Hall–Kier alpha value is -0.970. The third-order valence-corrected chi connectivity index (χ3v) is 3.80. The van der Waals surface area contributed by atoms with Crippen molar-refractivity contribution in [3.63, 3.8) is 0 Å². The first kappa shape index (κ1) is 19.0. The van der Waals surface area contributed by atoms with E-state index in [4.69, 9.17) is 13.8 Å². The summed E-state index contributed by atoms with van der Waals surface area (Å²) in [5, 5.41) is 0. The number of esters is 1. The third-order valence-electron chi connectivity index (χ3n) is 2.25. The molecule has 0 aliphatic carbocycles. The predicted molar refractivity (Wildman–Crippen MR) is 71.4 cm³/mol. The molecule has 118 valence electrons. The lowest BCUT2D eigenvalue weighted by atomic mass is 10.1. The molecule has 8 nitrogen and oxygen atoms in total. The fourth-order valence-electron chi connectivity index (χ4n) is 1.29. The van der Waals surface area contributed by atoms with E-state index in [1.807, 2.05) is 0 Å². The Morgan fingerprint density at radius 1 is 1.10 bits per heavy atom. The number of rotatable bonds is 9. The van der Waals surface area contributed by atoms with Crippen molar-refractivity contribution in [3.8, 4) is 0 Å². The van der Waals surface area contributed by atoms with Crippen LogP contribution in [0.4, 0.5) is 0 Å². The summed E-state index contributed by atoms with van der Waals surface area (Å²) in [6.07, 6.45) is -1.04. The van der Waals surface area contributed by atoms with E-state index in [-0.39, 0.29) is 24.8 Å². The molecule has 0 bridgehead atoms. The molecule has 1 atom stereocenters. The minimum atomic E-state index is -4.21. The first-order valence-corrected chi connectivity index (χ1v) is 8.89. The number of ether oxygens (including phenoxy) is 1. The first-order valence-electron chi connectivity index (χ1n) is 5.67. The molecular weight excluding hydrogens is 312 g/mol. The molecule has 0 aliphatic heterocycles. The Kier molecular flexibility index (Phi) is 7.34. The second-order valence-corrected chi connectivity index (χ2v) is 7.45. The quantitative estimate of drug-likeness (QED) is 0.353. The third kappa shape index (κ3) is 10.9. The number of hydrogen-bond acceptors (Lipinski definition) is 6. The van der Waals surface area contributed by atoms with Gasteiger partial charge in [-0.25, -0.2) is 4.79 Å². The first-order chi connectivity index (χ1) is 8.91. The summed E-state index contributed by atoms with van der Waals surface area (Å²) in [6, 6.07) is 0. The van der Waals surface area contributed by atoms with Crippen LogP contribution in [0.3, 0.4) is 0 Å². The van der Waals surface area contributed by atoms with Crippen LogP contribution in [0.2, 0.25) is 0 Å². The maximum absolute atomic E-state index is 11.3. The van der Waals surface area contributed by atoms with Gasteiger partial charge >= 0.3 is 5.97 Å². The van der Waals surface area contributed by atoms with Gasteiger partial charge in [0.25, 0.3) is 20.2 Å². The van der Waals surface area contributed by atoms with E-state index >= 15 is 0 Å². The van der Waals surface area contributed by atoms with E-state index in [9.17, 15) is 21.6 Å². The number of carbonyl (C=O) groups excluding carboxylic acids is 1. The summed E-state index contributed by atoms with van der Waals surface area (Å²) >= 11 is 0. The van der Waals surface area contributed by atoms with Gasteiger partial charge in [-0.1, -0.05) is 6.58 Å². The minimum Gasteiger partial charge on any atom is -0.459 e. The van der Waals surface area contributed by atoms with Crippen molar-refractivity contribution in [2.45, 2.75) is 32.3 Å². The van der Waals surface area contributed by atoms with Gasteiger partial charge in [-0.3, -0.25) is 9.11 Å². The second kappa shape index (κ2) is 7.72. The summed E-state index contributed by atoms with van der Waals surface area (Å²) in [4.78, 5) is 11.3. The van der Waals surface area contributed by atoms with Gasteiger partial charge < -0.3 is 4.74 Å². The van der Waals surface area contributed by atoms with Gasteiger partial charge in [-0.2, -0.15) is 16.8 Å². The molecule has 0 radical (unpaired) electrons. The van der Waals surface area contributed by atoms with Gasteiger partial charge in [0, 0.05) is 12.0 Å². The molecule has 0 aromatic heterocycles. The van der Waals surface area contributed by atoms with Gasteiger partial charge in [0.1, 0.15) is 6.10 Å². The largest absolute Gasteiger partial charge is 0.459 e. The molecule has 0 amide bonds. The summed E-state index contributed by atoms with van der Waals surface area (Å²) in [5.41, 5.74) is 0.108. The highest BCUT2D eigenvalue weighted by Crippen LogP contribution is 2.12. The molecule has 0 heterocycles. The van der Waals surface area contributed by atoms with Crippen LogP contribution < -0.4 is 0 Å². The zero-order valence-electron chi connectivity index (χ0n) is 11.0. The van der Waals surface area contributed by atoms with Crippen LogP contribution in [-0.2, 0) is 29.8 Å². The normalized spacial score (nSPS) is 13.8. The minimum absolute atomic E-state index is 0.0154. The van der Waals surface area contributed by atoms with Crippen molar-refractivity contribution in [2.75, 3.05) is 11.5 Å². The van der Waals surface area contributed by atoms with Crippen molar-refractivity contribution in [1.82, 2.24) is 0 Å². The maximum atomic E-state index is 11.3. The van der Waals surface area contributed by atoms with E-state index in [1.54, 1.807) is 0 Å². The zero-order chi connectivity index (χ0) is 16.0. The Bertz CT molecular complexity index is 546. The zero-order valence-corrected chi connectivity index (χ0v) is 12.6. The van der Waals surface area contributed by atoms with E-state index in [1.165, 1.54) is 6.92 Å². The Labute approximate surface area is 118 Å². The van der Waals surface area contributed by atoms with Gasteiger partial charge in [0.15, 0.2) is 0 Å². The lowest BCUT2D eigenvalue weighted by Crippen LogP contribution is -2.23. The van der Waals surface area contributed by atoms with Gasteiger partial charge in [-0.05, 0) is 19.8 Å². The molecular formula is C10H18O8S2. The molecule has 0 saturated heterocycles. The van der Waals surface area contributed by atoms with Crippen molar-refractivity contribution >= 4 is 26.2 Å². The summed E-state index contributed by atoms with van der Waals surface area (Å²) in [5.74, 6) is -1.88. The molecule has 0 rings (SSSR count). The van der Waals surface area contributed by atoms with Crippen molar-refractivity contribution < 1.29 is 35.5 Å². The monoisotopic (exact) mass is 330 g/mol. The van der Waals surface area contributed by atoms with E-state index in [0.717, 1.165) is 0 Å². The number of hydrogen-bond donors (Lipinski definition) is 2. The summed E-state index contributed by atoms with van der Waals surface area (Å²) < 4.78 is 64.6. The molecule has 0 saturated carbocycles. The standard InChI is InChI=1S/C10H18O8S2/c1-8(2)10(11)18-9(5-7-20(15,16)17)4-3-6-19(12,13)14/h9H,1,3-7H2,2H3,(H,12,13,14)(H,15,16,17). The average molecular weight is 330 g/mol. The lowest BCUT2D eigenvalue weighted by Gasteiger charge is -2.17. The molecule has 20 heavy (non-hydrogen) atoms. The fraction of sp³-hybridized carbons (Fsp3) is 0.700. The molecule has 0 aromatic rings. The Morgan fingerprint density at radius 3 is 2.00 bits per heavy atom. The SMILES string of the molecule is C=C(C)C(=O)OC(CCCS(=O)(=O)O)CCS(=O)(=O)O.